The molecule has 35 heavy (non-hydrogen) atoms. The van der Waals surface area contributed by atoms with Crippen molar-refractivity contribution in [1.29, 1.82) is 0 Å². The monoisotopic (exact) mass is 495 g/mol. The number of ether oxygens (including phenoxy) is 1. The first-order valence-electron chi connectivity index (χ1n) is 12.0. The molecule has 0 spiro atoms. The predicted molar refractivity (Wildman–Crippen MR) is 132 cm³/mol. The standard InChI is InChI=1S/C26H29N3O5S/c30-25-9-6-22-18-23(35(32,33)28-14-16-34-17-15-28)7-8-24(22)29(25)19-26(31)27-12-10-21(11-13-27)20-4-2-1-3-5-20/h1-5,7-8,10,18H,6,9,11-17,19H2. The molecule has 1 saturated heterocycles. The third kappa shape index (κ3) is 4.89. The molecule has 3 aliphatic heterocycles. The lowest BCUT2D eigenvalue weighted by Gasteiger charge is -2.33. The number of carbonyl (C=O) groups is 2. The molecule has 0 saturated carbocycles. The van der Waals surface area contributed by atoms with E-state index in [-0.39, 0.29) is 29.7 Å². The zero-order valence-corrected chi connectivity index (χ0v) is 20.4. The number of rotatable bonds is 5. The Morgan fingerprint density at radius 2 is 1.71 bits per heavy atom. The van der Waals surface area contributed by atoms with Crippen molar-refractivity contribution in [1.82, 2.24) is 9.21 Å². The summed E-state index contributed by atoms with van der Waals surface area (Å²) in [4.78, 5) is 29.3. The van der Waals surface area contributed by atoms with Crippen LogP contribution in [0.5, 0.6) is 0 Å². The van der Waals surface area contributed by atoms with Crippen molar-refractivity contribution in [3.05, 3.63) is 65.7 Å². The van der Waals surface area contributed by atoms with Crippen molar-refractivity contribution >= 4 is 33.1 Å². The average molecular weight is 496 g/mol. The zero-order chi connectivity index (χ0) is 24.4. The molecule has 0 N–H and O–H groups in total. The summed E-state index contributed by atoms with van der Waals surface area (Å²) in [6.45, 7) is 2.49. The molecule has 2 amide bonds. The number of anilines is 1. The van der Waals surface area contributed by atoms with E-state index in [0.29, 0.717) is 51.5 Å². The van der Waals surface area contributed by atoms with Gasteiger partial charge in [0.05, 0.1) is 18.1 Å². The number of sulfonamides is 1. The highest BCUT2D eigenvalue weighted by Gasteiger charge is 2.31. The van der Waals surface area contributed by atoms with Gasteiger partial charge in [-0.05, 0) is 47.7 Å². The number of benzene rings is 2. The van der Waals surface area contributed by atoms with E-state index < -0.39 is 10.0 Å². The molecule has 3 heterocycles. The Kier molecular flexibility index (Phi) is 6.73. The van der Waals surface area contributed by atoms with Gasteiger partial charge in [-0.1, -0.05) is 36.4 Å². The van der Waals surface area contributed by atoms with E-state index in [2.05, 4.69) is 18.2 Å². The van der Waals surface area contributed by atoms with E-state index in [1.165, 1.54) is 26.4 Å². The van der Waals surface area contributed by atoms with Crippen LogP contribution in [0, 0.1) is 0 Å². The molecule has 2 aromatic rings. The highest BCUT2D eigenvalue weighted by molar-refractivity contribution is 7.89. The van der Waals surface area contributed by atoms with Gasteiger partial charge in [-0.3, -0.25) is 9.59 Å². The summed E-state index contributed by atoms with van der Waals surface area (Å²) in [6.07, 6.45) is 3.55. The van der Waals surface area contributed by atoms with Crippen LogP contribution in [0.4, 0.5) is 5.69 Å². The van der Waals surface area contributed by atoms with E-state index in [9.17, 15) is 18.0 Å². The lowest BCUT2D eigenvalue weighted by Crippen LogP contribution is -2.46. The first kappa shape index (κ1) is 23.7. The van der Waals surface area contributed by atoms with Crippen molar-refractivity contribution < 1.29 is 22.7 Å². The first-order valence-corrected chi connectivity index (χ1v) is 13.4. The van der Waals surface area contributed by atoms with Crippen molar-refractivity contribution in [3.63, 3.8) is 0 Å². The molecule has 9 heteroatoms. The molecule has 0 unspecified atom stereocenters. The van der Waals surface area contributed by atoms with Crippen LogP contribution in [-0.4, -0.2) is 75.4 Å². The van der Waals surface area contributed by atoms with Crippen LogP contribution < -0.4 is 4.90 Å². The number of fused-ring (bicyclic) bond motifs is 1. The van der Waals surface area contributed by atoms with Gasteiger partial charge in [-0.25, -0.2) is 8.42 Å². The van der Waals surface area contributed by atoms with E-state index >= 15 is 0 Å². The summed E-state index contributed by atoms with van der Waals surface area (Å²) in [5.41, 5.74) is 3.79. The molecule has 0 bridgehead atoms. The molecule has 0 aliphatic carbocycles. The number of amides is 2. The number of hydrogen-bond acceptors (Lipinski definition) is 5. The second-order valence-electron chi connectivity index (χ2n) is 8.97. The Balaban J connectivity index is 1.30. The summed E-state index contributed by atoms with van der Waals surface area (Å²) >= 11 is 0. The molecule has 3 aliphatic rings. The lowest BCUT2D eigenvalue weighted by atomic mass is 9.99. The smallest absolute Gasteiger partial charge is 0.243 e. The highest BCUT2D eigenvalue weighted by Crippen LogP contribution is 2.31. The van der Waals surface area contributed by atoms with Crippen molar-refractivity contribution in [2.75, 3.05) is 50.8 Å². The van der Waals surface area contributed by atoms with E-state index in [4.69, 9.17) is 4.74 Å². The Morgan fingerprint density at radius 3 is 2.43 bits per heavy atom. The zero-order valence-electron chi connectivity index (χ0n) is 19.6. The van der Waals surface area contributed by atoms with Crippen molar-refractivity contribution in [2.24, 2.45) is 0 Å². The molecule has 0 atom stereocenters. The Hall–Kier alpha value is -3.01. The van der Waals surface area contributed by atoms with Crippen LogP contribution in [0.2, 0.25) is 0 Å². The van der Waals surface area contributed by atoms with Crippen LogP contribution in [0.3, 0.4) is 0 Å². The minimum atomic E-state index is -3.63. The van der Waals surface area contributed by atoms with Gasteiger partial charge in [-0.2, -0.15) is 4.31 Å². The van der Waals surface area contributed by atoms with E-state index in [1.54, 1.807) is 17.0 Å². The van der Waals surface area contributed by atoms with Crippen LogP contribution in [-0.2, 0) is 30.8 Å². The van der Waals surface area contributed by atoms with Crippen LogP contribution >= 0.6 is 0 Å². The van der Waals surface area contributed by atoms with Crippen molar-refractivity contribution in [2.45, 2.75) is 24.2 Å². The normalized spacial score (nSPS) is 19.3. The maximum Gasteiger partial charge on any atom is 0.243 e. The Labute approximate surface area is 205 Å². The summed E-state index contributed by atoms with van der Waals surface area (Å²) in [5, 5.41) is 0. The summed E-state index contributed by atoms with van der Waals surface area (Å²) in [6, 6.07) is 15.0. The van der Waals surface area contributed by atoms with Gasteiger partial charge in [-0.15, -0.1) is 0 Å². The molecule has 184 valence electrons. The number of nitrogens with zero attached hydrogens (tertiary/aromatic N) is 3. The SMILES string of the molecule is O=C(CN1C(=O)CCc2cc(S(=O)(=O)N3CCOCC3)ccc21)N1CC=C(c2ccccc2)CC1. The maximum atomic E-state index is 13.1. The third-order valence-corrected chi connectivity index (χ3v) is 8.75. The average Bonchev–Trinajstić information content (AvgIpc) is 2.91. The molecule has 1 fully saturated rings. The largest absolute Gasteiger partial charge is 0.379 e. The quantitative estimate of drug-likeness (QED) is 0.635. The number of aryl methyl sites for hydroxylation is 1. The molecular weight excluding hydrogens is 466 g/mol. The van der Waals surface area contributed by atoms with Gasteiger partial charge in [0, 0.05) is 38.3 Å². The van der Waals surface area contributed by atoms with Gasteiger partial charge < -0.3 is 14.5 Å². The van der Waals surface area contributed by atoms with Crippen LogP contribution in [0.1, 0.15) is 24.0 Å². The predicted octanol–water partition coefficient (Wildman–Crippen LogP) is 2.30. The summed E-state index contributed by atoms with van der Waals surface area (Å²) < 4.78 is 32.8. The minimum Gasteiger partial charge on any atom is -0.379 e. The third-order valence-electron chi connectivity index (χ3n) is 6.86. The van der Waals surface area contributed by atoms with Gasteiger partial charge in [0.1, 0.15) is 6.54 Å². The first-order chi connectivity index (χ1) is 16.9. The highest BCUT2D eigenvalue weighted by atomic mass is 32.2. The van der Waals surface area contributed by atoms with Crippen LogP contribution in [0.15, 0.2) is 59.5 Å². The fourth-order valence-electron chi connectivity index (χ4n) is 4.85. The maximum absolute atomic E-state index is 13.1. The minimum absolute atomic E-state index is 0.0457. The van der Waals surface area contributed by atoms with E-state index in [1.807, 2.05) is 18.2 Å². The Morgan fingerprint density at radius 1 is 0.943 bits per heavy atom. The van der Waals surface area contributed by atoms with Gasteiger partial charge in [0.2, 0.25) is 21.8 Å². The summed E-state index contributed by atoms with van der Waals surface area (Å²) in [5.74, 6) is -0.230. The van der Waals surface area contributed by atoms with Gasteiger partial charge in [0.25, 0.3) is 0 Å². The number of carbonyl (C=O) groups excluding carboxylic acids is 2. The fraction of sp³-hybridized carbons (Fsp3) is 0.385. The fourth-order valence-corrected chi connectivity index (χ4v) is 6.31. The lowest BCUT2D eigenvalue weighted by molar-refractivity contribution is -0.131. The van der Waals surface area contributed by atoms with Crippen LogP contribution in [0.25, 0.3) is 5.57 Å². The second kappa shape index (κ2) is 9.93. The van der Waals surface area contributed by atoms with Gasteiger partial charge in [0.15, 0.2) is 0 Å². The van der Waals surface area contributed by atoms with E-state index in [0.717, 1.165) is 12.0 Å². The van der Waals surface area contributed by atoms with Gasteiger partial charge >= 0.3 is 0 Å². The molecule has 2 aromatic carbocycles. The molecule has 5 rings (SSSR count). The Bertz CT molecular complexity index is 1250. The molecule has 0 aromatic heterocycles. The molecule has 8 nitrogen and oxygen atoms in total. The number of hydrogen-bond donors (Lipinski definition) is 0. The molecular formula is C26H29N3O5S. The number of morpholine rings is 1. The topological polar surface area (TPSA) is 87.2 Å². The summed E-state index contributed by atoms with van der Waals surface area (Å²) in [7, 11) is -3.63. The van der Waals surface area contributed by atoms with Crippen molar-refractivity contribution in [3.8, 4) is 0 Å². The second-order valence-corrected chi connectivity index (χ2v) is 10.9. The molecule has 0 radical (unpaired) electrons.